The van der Waals surface area contributed by atoms with E-state index in [2.05, 4.69) is 122 Å². The van der Waals surface area contributed by atoms with Gasteiger partial charge in [0.05, 0.1) is 5.69 Å². The van der Waals surface area contributed by atoms with E-state index < -0.39 is 0 Å². The third kappa shape index (κ3) is 2.78. The molecule has 0 aromatic heterocycles. The predicted molar refractivity (Wildman–Crippen MR) is 133 cm³/mol. The van der Waals surface area contributed by atoms with Crippen LogP contribution in [-0.2, 0) is 0 Å². The number of rotatable bonds is 3. The summed E-state index contributed by atoms with van der Waals surface area (Å²) in [5.74, 6) is 0. The van der Waals surface area contributed by atoms with E-state index in [1.54, 1.807) is 0 Å². The molecule has 0 bridgehead atoms. The van der Waals surface area contributed by atoms with Gasteiger partial charge in [-0.3, -0.25) is 0 Å². The average Bonchev–Trinajstić information content (AvgIpc) is 3.14. The zero-order valence-electron chi connectivity index (χ0n) is 17.8. The lowest BCUT2D eigenvalue weighted by Gasteiger charge is -2.28. The molecule has 0 aliphatic heterocycles. The second-order valence-corrected chi connectivity index (χ2v) is 8.42. The maximum absolute atomic E-state index is 2.40. The second kappa shape index (κ2) is 6.85. The quantitative estimate of drug-likeness (QED) is 0.289. The van der Waals surface area contributed by atoms with Crippen molar-refractivity contribution in [2.45, 2.75) is 13.8 Å². The van der Waals surface area contributed by atoms with Crippen molar-refractivity contribution in [3.8, 4) is 22.3 Å². The first-order chi connectivity index (χ1) is 15.2. The minimum absolute atomic E-state index is 1.17. The molecule has 0 unspecified atom stereocenters. The summed E-state index contributed by atoms with van der Waals surface area (Å²) >= 11 is 0. The summed E-state index contributed by atoms with van der Waals surface area (Å²) in [5.41, 5.74) is 11.4. The maximum atomic E-state index is 2.40. The summed E-state index contributed by atoms with van der Waals surface area (Å²) in [4.78, 5) is 2.40. The Morgan fingerprint density at radius 3 is 1.71 bits per heavy atom. The fourth-order valence-corrected chi connectivity index (χ4v) is 4.80. The highest BCUT2D eigenvalue weighted by Gasteiger charge is 2.26. The molecule has 31 heavy (non-hydrogen) atoms. The third-order valence-electron chi connectivity index (χ3n) is 6.34. The number of nitrogens with zero attached hydrogens (tertiary/aromatic N) is 1. The molecule has 0 N–H and O–H groups in total. The van der Waals surface area contributed by atoms with Gasteiger partial charge in [-0.05, 0) is 71.6 Å². The van der Waals surface area contributed by atoms with Gasteiger partial charge in [0, 0.05) is 16.9 Å². The smallest absolute Gasteiger partial charge is 0.0546 e. The van der Waals surface area contributed by atoms with Crippen LogP contribution in [0.4, 0.5) is 17.1 Å². The van der Waals surface area contributed by atoms with E-state index in [1.807, 2.05) is 0 Å². The zero-order chi connectivity index (χ0) is 20.9. The summed E-state index contributed by atoms with van der Waals surface area (Å²) in [6.07, 6.45) is 0. The van der Waals surface area contributed by atoms with Crippen molar-refractivity contribution in [1.29, 1.82) is 0 Å². The van der Waals surface area contributed by atoms with E-state index in [1.165, 1.54) is 61.2 Å². The monoisotopic (exact) mass is 397 g/mol. The molecule has 0 heterocycles. The Labute approximate surface area is 183 Å². The van der Waals surface area contributed by atoms with Gasteiger partial charge in [0.1, 0.15) is 0 Å². The molecule has 0 amide bonds. The number of hydrogen-bond donors (Lipinski definition) is 0. The minimum atomic E-state index is 1.17. The van der Waals surface area contributed by atoms with Crippen LogP contribution in [0, 0.1) is 13.8 Å². The molecule has 1 heteroatoms. The Bertz CT molecular complexity index is 1380. The Hall–Kier alpha value is -3.84. The van der Waals surface area contributed by atoms with E-state index in [-0.39, 0.29) is 0 Å². The molecule has 1 aliphatic rings. The summed E-state index contributed by atoms with van der Waals surface area (Å²) in [7, 11) is 0. The highest BCUT2D eigenvalue weighted by Crippen LogP contribution is 2.53. The fourth-order valence-electron chi connectivity index (χ4n) is 4.80. The lowest BCUT2D eigenvalue weighted by Crippen LogP contribution is -2.11. The predicted octanol–water partition coefficient (Wildman–Crippen LogP) is 8.57. The van der Waals surface area contributed by atoms with E-state index in [4.69, 9.17) is 0 Å². The number of fused-ring (bicyclic) bond motifs is 3. The highest BCUT2D eigenvalue weighted by atomic mass is 15.1. The van der Waals surface area contributed by atoms with Gasteiger partial charge >= 0.3 is 0 Å². The van der Waals surface area contributed by atoms with Crippen LogP contribution in [0.15, 0.2) is 103 Å². The van der Waals surface area contributed by atoms with E-state index in [0.717, 1.165) is 0 Å². The number of benzene rings is 5. The molecule has 0 saturated heterocycles. The Morgan fingerprint density at radius 2 is 1.06 bits per heavy atom. The van der Waals surface area contributed by atoms with Crippen molar-refractivity contribution in [1.82, 2.24) is 0 Å². The Kier molecular flexibility index (Phi) is 3.97. The fraction of sp³-hybridized carbons (Fsp3) is 0.0667. The molecule has 0 radical (unpaired) electrons. The first kappa shape index (κ1) is 18.0. The minimum Gasteiger partial charge on any atom is -0.310 e. The van der Waals surface area contributed by atoms with Crippen LogP contribution in [-0.4, -0.2) is 0 Å². The molecule has 0 spiro atoms. The molecule has 0 atom stereocenters. The second-order valence-electron chi connectivity index (χ2n) is 8.42. The van der Waals surface area contributed by atoms with Crippen molar-refractivity contribution in [2.24, 2.45) is 0 Å². The van der Waals surface area contributed by atoms with Gasteiger partial charge in [-0.1, -0.05) is 83.9 Å². The van der Waals surface area contributed by atoms with Crippen LogP contribution in [0.5, 0.6) is 0 Å². The van der Waals surface area contributed by atoms with Crippen LogP contribution < -0.4 is 4.90 Å². The van der Waals surface area contributed by atoms with Crippen LogP contribution >= 0.6 is 0 Å². The molecule has 0 fully saturated rings. The largest absolute Gasteiger partial charge is 0.310 e. The molecule has 6 rings (SSSR count). The summed E-state index contributed by atoms with van der Waals surface area (Å²) in [6, 6.07) is 37.6. The van der Waals surface area contributed by atoms with Crippen LogP contribution in [0.2, 0.25) is 0 Å². The van der Waals surface area contributed by atoms with Gasteiger partial charge < -0.3 is 4.90 Å². The van der Waals surface area contributed by atoms with Gasteiger partial charge in [0.2, 0.25) is 0 Å². The molecular formula is C30H23N. The average molecular weight is 398 g/mol. The Balaban J connectivity index is 1.68. The van der Waals surface area contributed by atoms with E-state index >= 15 is 0 Å². The van der Waals surface area contributed by atoms with E-state index in [9.17, 15) is 0 Å². The maximum Gasteiger partial charge on any atom is 0.0546 e. The zero-order valence-corrected chi connectivity index (χ0v) is 17.8. The van der Waals surface area contributed by atoms with Crippen molar-refractivity contribution >= 4 is 27.8 Å². The first-order valence-corrected chi connectivity index (χ1v) is 10.8. The molecule has 1 nitrogen and oxygen atoms in total. The van der Waals surface area contributed by atoms with Gasteiger partial charge in [-0.2, -0.15) is 0 Å². The number of aryl methyl sites for hydroxylation is 2. The topological polar surface area (TPSA) is 3.24 Å². The van der Waals surface area contributed by atoms with Crippen molar-refractivity contribution in [2.75, 3.05) is 4.90 Å². The van der Waals surface area contributed by atoms with Crippen LogP contribution in [0.1, 0.15) is 11.1 Å². The van der Waals surface area contributed by atoms with Gasteiger partial charge in [0.15, 0.2) is 0 Å². The first-order valence-electron chi connectivity index (χ1n) is 10.8. The standard InChI is InChI=1S/C30H23N/c1-20-10-15-23(16-11-20)31(24-17-12-21(2)13-18-24)28-19-14-22-6-5-9-26-25-7-3-4-8-27(25)30(28)29(22)26/h3-19H,1-2H3. The summed E-state index contributed by atoms with van der Waals surface area (Å²) < 4.78 is 0. The Morgan fingerprint density at radius 1 is 0.484 bits per heavy atom. The molecular weight excluding hydrogens is 374 g/mol. The normalized spacial score (nSPS) is 11.5. The number of hydrogen-bond acceptors (Lipinski definition) is 1. The van der Waals surface area contributed by atoms with Crippen LogP contribution in [0.3, 0.4) is 0 Å². The highest BCUT2D eigenvalue weighted by molar-refractivity contribution is 6.19. The van der Waals surface area contributed by atoms with Crippen molar-refractivity contribution in [3.63, 3.8) is 0 Å². The lowest BCUT2D eigenvalue weighted by molar-refractivity contribution is 1.27. The molecule has 148 valence electrons. The van der Waals surface area contributed by atoms with Crippen LogP contribution in [0.25, 0.3) is 33.0 Å². The molecule has 5 aromatic rings. The van der Waals surface area contributed by atoms with Gasteiger partial charge in [-0.25, -0.2) is 0 Å². The van der Waals surface area contributed by atoms with E-state index in [0.29, 0.717) is 0 Å². The molecule has 5 aromatic carbocycles. The van der Waals surface area contributed by atoms with Crippen molar-refractivity contribution < 1.29 is 0 Å². The van der Waals surface area contributed by atoms with Crippen molar-refractivity contribution in [3.05, 3.63) is 114 Å². The third-order valence-corrected chi connectivity index (χ3v) is 6.34. The SMILES string of the molecule is Cc1ccc(N(c2ccc(C)cc2)c2ccc3cccc4c3c2-c2ccccc2-4)cc1. The summed E-state index contributed by atoms with van der Waals surface area (Å²) in [6.45, 7) is 4.27. The summed E-state index contributed by atoms with van der Waals surface area (Å²) in [5, 5.41) is 2.64. The molecule has 0 saturated carbocycles. The lowest BCUT2D eigenvalue weighted by atomic mass is 9.99. The van der Waals surface area contributed by atoms with Gasteiger partial charge in [-0.15, -0.1) is 0 Å². The molecule has 1 aliphatic carbocycles. The number of anilines is 3. The van der Waals surface area contributed by atoms with Gasteiger partial charge in [0.25, 0.3) is 0 Å².